The molecule has 0 saturated heterocycles. The summed E-state index contributed by atoms with van der Waals surface area (Å²) in [6.45, 7) is 2.39. The maximum absolute atomic E-state index is 12.0. The largest absolute Gasteiger partial charge is 0.355 e. The van der Waals surface area contributed by atoms with Crippen molar-refractivity contribution in [2.24, 2.45) is 5.92 Å². The number of aryl methyl sites for hydroxylation is 1. The summed E-state index contributed by atoms with van der Waals surface area (Å²) >= 11 is 1.46. The zero-order chi connectivity index (χ0) is 14.1. The number of rotatable bonds is 4. The minimum absolute atomic E-state index is 0.0472. The summed E-state index contributed by atoms with van der Waals surface area (Å²) in [5.41, 5.74) is 1.60. The highest BCUT2D eigenvalue weighted by atomic mass is 32.1. The Morgan fingerprint density at radius 3 is 3.05 bits per heavy atom. The molecule has 1 fully saturated rings. The summed E-state index contributed by atoms with van der Waals surface area (Å²) in [7, 11) is 0. The van der Waals surface area contributed by atoms with Crippen LogP contribution >= 0.6 is 11.3 Å². The van der Waals surface area contributed by atoms with Gasteiger partial charge < -0.3 is 5.32 Å². The van der Waals surface area contributed by atoms with Crippen molar-refractivity contribution in [1.82, 2.24) is 14.7 Å². The van der Waals surface area contributed by atoms with Gasteiger partial charge in [0, 0.05) is 41.7 Å². The SMILES string of the molecule is Cc1cc(=O)n2c(CCNC(=O)C3CCC3)csc2n1. The van der Waals surface area contributed by atoms with Gasteiger partial charge in [0.1, 0.15) is 0 Å². The van der Waals surface area contributed by atoms with E-state index in [0.29, 0.717) is 13.0 Å². The molecule has 0 spiro atoms. The maximum atomic E-state index is 12.0. The van der Waals surface area contributed by atoms with Crippen LogP contribution in [0.1, 0.15) is 30.7 Å². The first-order valence-corrected chi connectivity index (χ1v) is 7.77. The summed E-state index contributed by atoms with van der Waals surface area (Å²) in [6.07, 6.45) is 3.84. The number of fused-ring (bicyclic) bond motifs is 1. The average Bonchev–Trinajstić information content (AvgIpc) is 2.70. The number of amides is 1. The van der Waals surface area contributed by atoms with Crippen LogP contribution in [0.2, 0.25) is 0 Å². The molecule has 2 heterocycles. The first-order valence-electron chi connectivity index (χ1n) is 6.89. The Labute approximate surface area is 120 Å². The number of thiazole rings is 1. The first kappa shape index (κ1) is 13.3. The van der Waals surface area contributed by atoms with E-state index in [4.69, 9.17) is 0 Å². The van der Waals surface area contributed by atoms with Gasteiger partial charge in [-0.1, -0.05) is 6.42 Å². The van der Waals surface area contributed by atoms with Crippen molar-refractivity contribution in [3.8, 4) is 0 Å². The Morgan fingerprint density at radius 2 is 2.35 bits per heavy atom. The van der Waals surface area contributed by atoms with Gasteiger partial charge in [-0.25, -0.2) is 4.98 Å². The fraction of sp³-hybridized carbons (Fsp3) is 0.500. The third kappa shape index (κ3) is 2.47. The second-order valence-electron chi connectivity index (χ2n) is 5.25. The number of hydrogen-bond acceptors (Lipinski definition) is 4. The summed E-state index contributed by atoms with van der Waals surface area (Å²) in [4.78, 5) is 28.8. The molecule has 1 amide bonds. The molecule has 1 saturated carbocycles. The van der Waals surface area contributed by atoms with Crippen molar-refractivity contribution in [2.45, 2.75) is 32.6 Å². The second-order valence-corrected chi connectivity index (χ2v) is 6.09. The molecule has 5 nitrogen and oxygen atoms in total. The molecule has 0 aliphatic heterocycles. The molecule has 3 rings (SSSR count). The molecule has 0 radical (unpaired) electrons. The van der Waals surface area contributed by atoms with Crippen molar-refractivity contribution < 1.29 is 4.79 Å². The molecule has 0 aromatic carbocycles. The highest BCUT2D eigenvalue weighted by Gasteiger charge is 2.24. The number of aromatic nitrogens is 2. The van der Waals surface area contributed by atoms with Crippen LogP contribution < -0.4 is 10.9 Å². The molecule has 106 valence electrons. The number of nitrogens with zero attached hydrogens (tertiary/aromatic N) is 2. The third-order valence-electron chi connectivity index (χ3n) is 3.76. The molecule has 0 bridgehead atoms. The summed E-state index contributed by atoms with van der Waals surface area (Å²) in [5, 5.41) is 4.89. The molecule has 6 heteroatoms. The normalized spacial score (nSPS) is 15.2. The van der Waals surface area contributed by atoms with Crippen molar-refractivity contribution in [1.29, 1.82) is 0 Å². The number of carbonyl (C=O) groups excluding carboxylic acids is 1. The Bertz CT molecular complexity index is 700. The fourth-order valence-corrected chi connectivity index (χ4v) is 3.36. The van der Waals surface area contributed by atoms with Crippen LogP contribution in [0, 0.1) is 12.8 Å². The number of nitrogens with one attached hydrogen (secondary N) is 1. The average molecular weight is 291 g/mol. The van der Waals surface area contributed by atoms with Gasteiger partial charge in [0.25, 0.3) is 5.56 Å². The first-order chi connectivity index (χ1) is 9.65. The van der Waals surface area contributed by atoms with Crippen molar-refractivity contribution in [3.63, 3.8) is 0 Å². The van der Waals surface area contributed by atoms with Crippen LogP contribution in [0.15, 0.2) is 16.2 Å². The van der Waals surface area contributed by atoms with Crippen molar-refractivity contribution in [2.75, 3.05) is 6.54 Å². The van der Waals surface area contributed by atoms with E-state index in [2.05, 4.69) is 10.3 Å². The lowest BCUT2D eigenvalue weighted by atomic mass is 9.85. The third-order valence-corrected chi connectivity index (χ3v) is 4.63. The number of hydrogen-bond donors (Lipinski definition) is 1. The van der Waals surface area contributed by atoms with Gasteiger partial charge in [-0.3, -0.25) is 14.0 Å². The molecule has 1 aliphatic rings. The zero-order valence-corrected chi connectivity index (χ0v) is 12.2. The van der Waals surface area contributed by atoms with Gasteiger partial charge in [0.15, 0.2) is 4.96 Å². The van der Waals surface area contributed by atoms with Crippen LogP contribution in [-0.4, -0.2) is 21.8 Å². The van der Waals surface area contributed by atoms with Gasteiger partial charge in [-0.05, 0) is 19.8 Å². The molecule has 0 unspecified atom stereocenters. The lowest BCUT2D eigenvalue weighted by Gasteiger charge is -2.23. The molecule has 1 N–H and O–H groups in total. The zero-order valence-electron chi connectivity index (χ0n) is 11.4. The predicted octanol–water partition coefficient (Wildman–Crippen LogP) is 1.52. The Balaban J connectivity index is 1.68. The summed E-state index contributed by atoms with van der Waals surface area (Å²) < 4.78 is 1.63. The highest BCUT2D eigenvalue weighted by Crippen LogP contribution is 2.26. The van der Waals surface area contributed by atoms with E-state index >= 15 is 0 Å². The molecular weight excluding hydrogens is 274 g/mol. The van der Waals surface area contributed by atoms with Gasteiger partial charge in [0.2, 0.25) is 5.91 Å². The van der Waals surface area contributed by atoms with E-state index in [0.717, 1.165) is 35.6 Å². The van der Waals surface area contributed by atoms with Crippen LogP contribution in [0.25, 0.3) is 4.96 Å². The van der Waals surface area contributed by atoms with Crippen molar-refractivity contribution >= 4 is 22.2 Å². The van der Waals surface area contributed by atoms with Crippen LogP contribution in [0.3, 0.4) is 0 Å². The topological polar surface area (TPSA) is 63.5 Å². The van der Waals surface area contributed by atoms with Gasteiger partial charge in [0.05, 0.1) is 0 Å². The van der Waals surface area contributed by atoms with Crippen LogP contribution in [-0.2, 0) is 11.2 Å². The quantitative estimate of drug-likeness (QED) is 0.929. The summed E-state index contributed by atoms with van der Waals surface area (Å²) in [6, 6.07) is 1.54. The monoisotopic (exact) mass is 291 g/mol. The van der Waals surface area contributed by atoms with E-state index in [-0.39, 0.29) is 17.4 Å². The van der Waals surface area contributed by atoms with E-state index in [1.54, 1.807) is 4.40 Å². The molecule has 0 atom stereocenters. The van der Waals surface area contributed by atoms with Gasteiger partial charge in [-0.2, -0.15) is 0 Å². The minimum Gasteiger partial charge on any atom is -0.355 e. The van der Waals surface area contributed by atoms with Gasteiger partial charge >= 0.3 is 0 Å². The minimum atomic E-state index is -0.0472. The lowest BCUT2D eigenvalue weighted by molar-refractivity contribution is -0.127. The Morgan fingerprint density at radius 1 is 1.55 bits per heavy atom. The van der Waals surface area contributed by atoms with Gasteiger partial charge in [-0.15, -0.1) is 11.3 Å². The lowest BCUT2D eigenvalue weighted by Crippen LogP contribution is -2.35. The van der Waals surface area contributed by atoms with Crippen LogP contribution in [0.4, 0.5) is 0 Å². The second kappa shape index (κ2) is 5.36. The maximum Gasteiger partial charge on any atom is 0.258 e. The fourth-order valence-electron chi connectivity index (χ4n) is 2.39. The number of carbonyl (C=O) groups is 1. The van der Waals surface area contributed by atoms with Crippen molar-refractivity contribution in [3.05, 3.63) is 33.2 Å². The van der Waals surface area contributed by atoms with E-state index in [9.17, 15) is 9.59 Å². The molecular formula is C14H17N3O2S. The van der Waals surface area contributed by atoms with E-state index < -0.39 is 0 Å². The highest BCUT2D eigenvalue weighted by molar-refractivity contribution is 7.15. The standard InChI is InChI=1S/C14H17N3O2S/c1-9-7-12(18)17-11(8-20-14(17)16-9)5-6-15-13(19)10-3-2-4-10/h7-8,10H,2-6H2,1H3,(H,15,19). The molecule has 2 aromatic rings. The molecule has 20 heavy (non-hydrogen) atoms. The Kier molecular flexibility index (Phi) is 3.56. The Hall–Kier alpha value is -1.69. The van der Waals surface area contributed by atoms with E-state index in [1.165, 1.54) is 17.4 Å². The summed E-state index contributed by atoms with van der Waals surface area (Å²) in [5.74, 6) is 0.360. The molecule has 2 aromatic heterocycles. The van der Waals surface area contributed by atoms with E-state index in [1.807, 2.05) is 12.3 Å². The smallest absolute Gasteiger partial charge is 0.258 e. The van der Waals surface area contributed by atoms with Crippen LogP contribution in [0.5, 0.6) is 0 Å². The molecule has 1 aliphatic carbocycles. The predicted molar refractivity (Wildman–Crippen MR) is 78.1 cm³/mol.